The minimum atomic E-state index is -0.178. The van der Waals surface area contributed by atoms with E-state index in [9.17, 15) is 4.79 Å². The molecule has 0 aliphatic carbocycles. The molecule has 1 saturated heterocycles. The minimum Gasteiger partial charge on any atom is -0.378 e. The third-order valence-electron chi connectivity index (χ3n) is 3.81. The third-order valence-corrected chi connectivity index (χ3v) is 3.81. The molecular weight excluding hydrogens is 306 g/mol. The van der Waals surface area contributed by atoms with E-state index in [0.717, 1.165) is 24.7 Å². The zero-order valence-corrected chi connectivity index (χ0v) is 13.9. The zero-order chi connectivity index (χ0) is 16.9. The lowest BCUT2D eigenvalue weighted by Crippen LogP contribution is -2.37. The number of carbonyl (C=O) groups is 1. The fourth-order valence-corrected chi connectivity index (χ4v) is 2.52. The van der Waals surface area contributed by atoms with Gasteiger partial charge in [-0.2, -0.15) is 0 Å². The fourth-order valence-electron chi connectivity index (χ4n) is 2.52. The van der Waals surface area contributed by atoms with Crippen molar-refractivity contribution in [2.24, 2.45) is 0 Å². The van der Waals surface area contributed by atoms with Crippen LogP contribution < -0.4 is 15.1 Å². The van der Waals surface area contributed by atoms with Crippen molar-refractivity contribution < 1.29 is 9.53 Å². The van der Waals surface area contributed by atoms with Crippen LogP contribution in [0.15, 0.2) is 36.7 Å². The number of aromatic nitrogens is 2. The molecule has 0 bridgehead atoms. The Balaban J connectivity index is 1.80. The minimum absolute atomic E-state index is 0.178. The van der Waals surface area contributed by atoms with Crippen molar-refractivity contribution in [1.29, 1.82) is 0 Å². The SMILES string of the molecule is CN(C)c1cc(C(=O)Nc2cccnc2N2CCOCC2)ccn1. The van der Waals surface area contributed by atoms with E-state index in [1.165, 1.54) is 0 Å². The Hall–Kier alpha value is -2.67. The Kier molecular flexibility index (Phi) is 4.90. The van der Waals surface area contributed by atoms with Gasteiger partial charge in [0.15, 0.2) is 5.82 Å². The van der Waals surface area contributed by atoms with Crippen molar-refractivity contribution in [2.75, 3.05) is 55.5 Å². The molecule has 0 saturated carbocycles. The average molecular weight is 327 g/mol. The highest BCUT2D eigenvalue weighted by Crippen LogP contribution is 2.24. The molecule has 0 spiro atoms. The number of morpholine rings is 1. The standard InChI is InChI=1S/C17H21N5O2/c1-21(2)15-12-13(5-7-18-15)17(23)20-14-4-3-6-19-16(14)22-8-10-24-11-9-22/h3-7,12H,8-11H2,1-2H3,(H,20,23). The summed E-state index contributed by atoms with van der Waals surface area (Å²) in [5.74, 6) is 1.33. The number of anilines is 3. The number of pyridine rings is 2. The van der Waals surface area contributed by atoms with E-state index >= 15 is 0 Å². The van der Waals surface area contributed by atoms with Crippen LogP contribution in [0.3, 0.4) is 0 Å². The largest absolute Gasteiger partial charge is 0.378 e. The summed E-state index contributed by atoms with van der Waals surface area (Å²) >= 11 is 0. The molecule has 126 valence electrons. The molecule has 0 atom stereocenters. The van der Waals surface area contributed by atoms with E-state index < -0.39 is 0 Å². The van der Waals surface area contributed by atoms with Crippen molar-refractivity contribution >= 4 is 23.2 Å². The average Bonchev–Trinajstić information content (AvgIpc) is 2.63. The number of hydrogen-bond acceptors (Lipinski definition) is 6. The van der Waals surface area contributed by atoms with Crippen LogP contribution in [-0.2, 0) is 4.74 Å². The van der Waals surface area contributed by atoms with Crippen LogP contribution in [0.4, 0.5) is 17.3 Å². The number of rotatable bonds is 4. The topological polar surface area (TPSA) is 70.6 Å². The summed E-state index contributed by atoms with van der Waals surface area (Å²) in [6.07, 6.45) is 3.37. The van der Waals surface area contributed by atoms with Crippen molar-refractivity contribution in [3.63, 3.8) is 0 Å². The molecule has 1 fully saturated rings. The molecule has 7 heteroatoms. The van der Waals surface area contributed by atoms with Gasteiger partial charge in [-0.1, -0.05) is 0 Å². The van der Waals surface area contributed by atoms with E-state index in [4.69, 9.17) is 4.74 Å². The molecule has 1 amide bonds. The Morgan fingerprint density at radius 2 is 2.00 bits per heavy atom. The van der Waals surface area contributed by atoms with Crippen LogP contribution in [0, 0.1) is 0 Å². The second kappa shape index (κ2) is 7.27. The van der Waals surface area contributed by atoms with Gasteiger partial charge < -0.3 is 19.9 Å². The van der Waals surface area contributed by atoms with Gasteiger partial charge in [0.25, 0.3) is 5.91 Å². The van der Waals surface area contributed by atoms with Gasteiger partial charge in [-0.3, -0.25) is 4.79 Å². The first kappa shape index (κ1) is 16.2. The summed E-state index contributed by atoms with van der Waals surface area (Å²) in [7, 11) is 3.78. The summed E-state index contributed by atoms with van der Waals surface area (Å²) in [4.78, 5) is 25.2. The van der Waals surface area contributed by atoms with E-state index in [0.29, 0.717) is 24.5 Å². The van der Waals surface area contributed by atoms with Crippen LogP contribution in [0.1, 0.15) is 10.4 Å². The summed E-state index contributed by atoms with van der Waals surface area (Å²) in [5.41, 5.74) is 1.26. The normalized spacial score (nSPS) is 14.3. The molecule has 1 aliphatic heterocycles. The van der Waals surface area contributed by atoms with Crippen molar-refractivity contribution in [3.05, 3.63) is 42.2 Å². The maximum absolute atomic E-state index is 12.6. The fraction of sp³-hybridized carbons (Fsp3) is 0.353. The van der Waals surface area contributed by atoms with Gasteiger partial charge in [0, 0.05) is 45.1 Å². The lowest BCUT2D eigenvalue weighted by atomic mass is 10.2. The molecular formula is C17H21N5O2. The number of nitrogens with one attached hydrogen (secondary N) is 1. The Labute approximate surface area is 141 Å². The first-order chi connectivity index (χ1) is 11.6. The summed E-state index contributed by atoms with van der Waals surface area (Å²) < 4.78 is 5.38. The third kappa shape index (κ3) is 3.62. The van der Waals surface area contributed by atoms with E-state index in [1.54, 1.807) is 24.5 Å². The van der Waals surface area contributed by atoms with E-state index in [-0.39, 0.29) is 5.91 Å². The maximum Gasteiger partial charge on any atom is 0.255 e. The van der Waals surface area contributed by atoms with Crippen molar-refractivity contribution in [1.82, 2.24) is 9.97 Å². The van der Waals surface area contributed by atoms with Crippen LogP contribution in [0.5, 0.6) is 0 Å². The molecule has 3 rings (SSSR count). The molecule has 2 aromatic heterocycles. The number of hydrogen-bond donors (Lipinski definition) is 1. The number of nitrogens with zero attached hydrogens (tertiary/aromatic N) is 4. The summed E-state index contributed by atoms with van der Waals surface area (Å²) in [6, 6.07) is 7.15. The van der Waals surface area contributed by atoms with Crippen LogP contribution in [0.2, 0.25) is 0 Å². The molecule has 24 heavy (non-hydrogen) atoms. The second-order valence-electron chi connectivity index (χ2n) is 5.73. The van der Waals surface area contributed by atoms with Crippen molar-refractivity contribution in [3.8, 4) is 0 Å². The maximum atomic E-state index is 12.6. The highest BCUT2D eigenvalue weighted by molar-refractivity contribution is 6.06. The number of amides is 1. The quantitative estimate of drug-likeness (QED) is 0.920. The molecule has 1 N–H and O–H groups in total. The molecule has 0 unspecified atom stereocenters. The van der Waals surface area contributed by atoms with Gasteiger partial charge >= 0.3 is 0 Å². The molecule has 2 aromatic rings. The highest BCUT2D eigenvalue weighted by atomic mass is 16.5. The van der Waals surface area contributed by atoms with Gasteiger partial charge in [0.1, 0.15) is 5.82 Å². The zero-order valence-electron chi connectivity index (χ0n) is 13.9. The van der Waals surface area contributed by atoms with Gasteiger partial charge in [-0.15, -0.1) is 0 Å². The number of carbonyl (C=O) groups excluding carboxylic acids is 1. The highest BCUT2D eigenvalue weighted by Gasteiger charge is 2.18. The summed E-state index contributed by atoms with van der Waals surface area (Å²) in [5, 5.41) is 2.96. The smallest absolute Gasteiger partial charge is 0.255 e. The van der Waals surface area contributed by atoms with Gasteiger partial charge in [0.05, 0.1) is 18.9 Å². The Morgan fingerprint density at radius 3 is 2.75 bits per heavy atom. The molecule has 0 radical (unpaired) electrons. The van der Waals surface area contributed by atoms with Gasteiger partial charge in [0.2, 0.25) is 0 Å². The van der Waals surface area contributed by atoms with E-state index in [2.05, 4.69) is 20.2 Å². The Bertz CT molecular complexity index is 714. The van der Waals surface area contributed by atoms with E-state index in [1.807, 2.05) is 31.1 Å². The molecule has 3 heterocycles. The molecule has 7 nitrogen and oxygen atoms in total. The molecule has 1 aliphatic rings. The lowest BCUT2D eigenvalue weighted by Gasteiger charge is -2.29. The predicted molar refractivity (Wildman–Crippen MR) is 93.8 cm³/mol. The van der Waals surface area contributed by atoms with Crippen LogP contribution in [0.25, 0.3) is 0 Å². The number of ether oxygens (including phenoxy) is 1. The second-order valence-corrected chi connectivity index (χ2v) is 5.73. The first-order valence-electron chi connectivity index (χ1n) is 7.87. The van der Waals surface area contributed by atoms with Gasteiger partial charge in [-0.25, -0.2) is 9.97 Å². The van der Waals surface area contributed by atoms with Crippen molar-refractivity contribution in [2.45, 2.75) is 0 Å². The predicted octanol–water partition coefficient (Wildman–Crippen LogP) is 1.63. The first-order valence-corrected chi connectivity index (χ1v) is 7.87. The monoisotopic (exact) mass is 327 g/mol. The van der Waals surface area contributed by atoms with Crippen LogP contribution in [-0.4, -0.2) is 56.3 Å². The Morgan fingerprint density at radius 1 is 1.21 bits per heavy atom. The van der Waals surface area contributed by atoms with Crippen LogP contribution >= 0.6 is 0 Å². The lowest BCUT2D eigenvalue weighted by molar-refractivity contribution is 0.102. The summed E-state index contributed by atoms with van der Waals surface area (Å²) in [6.45, 7) is 2.86. The van der Waals surface area contributed by atoms with Gasteiger partial charge in [-0.05, 0) is 24.3 Å². The molecule has 0 aromatic carbocycles.